The predicted octanol–water partition coefficient (Wildman–Crippen LogP) is 2.77. The number of carbonyl (C=O) groups is 1. The van der Waals surface area contributed by atoms with Crippen molar-refractivity contribution >= 4 is 5.78 Å². The van der Waals surface area contributed by atoms with Crippen LogP contribution in [0, 0.1) is 17.8 Å². The summed E-state index contributed by atoms with van der Waals surface area (Å²) in [6.07, 6.45) is 7.37. The van der Waals surface area contributed by atoms with Crippen LogP contribution in [0.15, 0.2) is 0 Å². The average Bonchev–Trinajstić information content (AvgIpc) is 2.27. The van der Waals surface area contributed by atoms with E-state index in [0.717, 1.165) is 31.2 Å². The maximum atomic E-state index is 12.0. The molecule has 1 saturated carbocycles. The third kappa shape index (κ3) is 2.85. The molecule has 0 aromatic rings. The van der Waals surface area contributed by atoms with Crippen molar-refractivity contribution in [3.05, 3.63) is 0 Å². The van der Waals surface area contributed by atoms with Gasteiger partial charge in [0.15, 0.2) is 0 Å². The van der Waals surface area contributed by atoms with Gasteiger partial charge in [0, 0.05) is 6.42 Å². The standard InChI is InChI=1S/C14H25NO/c1-10(2)7-14(16)13-8-11-5-3-4-6-12(11)9-15-13/h10-13,15H,3-9H2,1-2H3/t11-,12+,13-/m0/s1. The van der Waals surface area contributed by atoms with Crippen molar-refractivity contribution in [3.8, 4) is 0 Å². The number of nitrogens with one attached hydrogen (secondary N) is 1. The van der Waals surface area contributed by atoms with Crippen molar-refractivity contribution in [1.82, 2.24) is 5.32 Å². The molecule has 0 spiro atoms. The topological polar surface area (TPSA) is 29.1 Å². The molecule has 2 rings (SSSR count). The quantitative estimate of drug-likeness (QED) is 0.797. The fourth-order valence-corrected chi connectivity index (χ4v) is 3.33. The number of piperidine rings is 1. The zero-order valence-electron chi connectivity index (χ0n) is 10.7. The minimum absolute atomic E-state index is 0.168. The summed E-state index contributed by atoms with van der Waals surface area (Å²) in [6, 6.07) is 0.168. The lowest BCUT2D eigenvalue weighted by molar-refractivity contribution is -0.123. The Morgan fingerprint density at radius 2 is 1.94 bits per heavy atom. The van der Waals surface area contributed by atoms with Gasteiger partial charge in [-0.3, -0.25) is 4.79 Å². The highest BCUT2D eigenvalue weighted by Gasteiger charge is 2.34. The lowest BCUT2D eigenvalue weighted by Gasteiger charge is -2.39. The highest BCUT2D eigenvalue weighted by Crippen LogP contribution is 2.35. The second kappa shape index (κ2) is 5.31. The van der Waals surface area contributed by atoms with Crippen LogP contribution in [0.1, 0.15) is 52.4 Å². The first-order valence-electron chi connectivity index (χ1n) is 6.93. The molecule has 0 bridgehead atoms. The van der Waals surface area contributed by atoms with E-state index in [4.69, 9.17) is 0 Å². The second-order valence-corrected chi connectivity index (χ2v) is 6.07. The van der Waals surface area contributed by atoms with Crippen LogP contribution in [0.25, 0.3) is 0 Å². The summed E-state index contributed by atoms with van der Waals surface area (Å²) in [6.45, 7) is 5.34. The van der Waals surface area contributed by atoms with Crippen LogP contribution in [0.3, 0.4) is 0 Å². The Hall–Kier alpha value is -0.370. The smallest absolute Gasteiger partial charge is 0.150 e. The number of ketones is 1. The van der Waals surface area contributed by atoms with Gasteiger partial charge >= 0.3 is 0 Å². The van der Waals surface area contributed by atoms with Crippen molar-refractivity contribution in [3.63, 3.8) is 0 Å². The van der Waals surface area contributed by atoms with Crippen molar-refractivity contribution in [2.45, 2.75) is 58.4 Å². The fourth-order valence-electron chi connectivity index (χ4n) is 3.33. The van der Waals surface area contributed by atoms with Crippen LogP contribution in [0.5, 0.6) is 0 Å². The molecule has 1 saturated heterocycles. The molecule has 2 fully saturated rings. The Morgan fingerprint density at radius 3 is 2.62 bits per heavy atom. The molecule has 2 heteroatoms. The molecule has 0 aromatic heterocycles. The Bertz CT molecular complexity index is 249. The normalized spacial score (nSPS) is 34.8. The third-order valence-electron chi connectivity index (χ3n) is 4.23. The van der Waals surface area contributed by atoms with E-state index in [-0.39, 0.29) is 6.04 Å². The maximum absolute atomic E-state index is 12.0. The monoisotopic (exact) mass is 223 g/mol. The summed E-state index contributed by atoms with van der Waals surface area (Å²) in [7, 11) is 0. The van der Waals surface area contributed by atoms with E-state index in [0.29, 0.717) is 11.7 Å². The van der Waals surface area contributed by atoms with Gasteiger partial charge in [-0.2, -0.15) is 0 Å². The van der Waals surface area contributed by atoms with E-state index in [9.17, 15) is 4.79 Å². The van der Waals surface area contributed by atoms with Crippen LogP contribution in [-0.4, -0.2) is 18.4 Å². The highest BCUT2D eigenvalue weighted by atomic mass is 16.1. The summed E-state index contributed by atoms with van der Waals surface area (Å²) in [4.78, 5) is 12.0. The van der Waals surface area contributed by atoms with Gasteiger partial charge in [-0.15, -0.1) is 0 Å². The molecular formula is C14H25NO. The number of carbonyl (C=O) groups excluding carboxylic acids is 1. The van der Waals surface area contributed by atoms with Crippen molar-refractivity contribution in [2.24, 2.45) is 17.8 Å². The molecule has 1 N–H and O–H groups in total. The number of Topliss-reactive ketones (excluding diaryl/α,β-unsaturated/α-hetero) is 1. The fraction of sp³-hybridized carbons (Fsp3) is 0.929. The van der Waals surface area contributed by atoms with Gasteiger partial charge in [-0.25, -0.2) is 0 Å². The summed E-state index contributed by atoms with van der Waals surface area (Å²) in [5.41, 5.74) is 0. The second-order valence-electron chi connectivity index (χ2n) is 6.07. The van der Waals surface area contributed by atoms with E-state index >= 15 is 0 Å². The van der Waals surface area contributed by atoms with Crippen molar-refractivity contribution < 1.29 is 4.79 Å². The SMILES string of the molecule is CC(C)CC(=O)[C@@H]1C[C@@H]2CCCC[C@@H]2CN1. The molecule has 3 atom stereocenters. The molecule has 2 aliphatic rings. The van der Waals surface area contributed by atoms with Gasteiger partial charge < -0.3 is 5.32 Å². The minimum Gasteiger partial charge on any atom is -0.307 e. The van der Waals surface area contributed by atoms with E-state index in [2.05, 4.69) is 19.2 Å². The summed E-state index contributed by atoms with van der Waals surface area (Å²) < 4.78 is 0. The van der Waals surface area contributed by atoms with Crippen molar-refractivity contribution in [2.75, 3.05) is 6.54 Å². The first-order chi connectivity index (χ1) is 7.66. The van der Waals surface area contributed by atoms with Crippen LogP contribution < -0.4 is 5.32 Å². The molecule has 1 aliphatic carbocycles. The molecule has 16 heavy (non-hydrogen) atoms. The van der Waals surface area contributed by atoms with E-state index in [1.165, 1.54) is 25.7 Å². The molecule has 92 valence electrons. The summed E-state index contributed by atoms with van der Waals surface area (Å²) in [5, 5.41) is 3.47. The predicted molar refractivity (Wildman–Crippen MR) is 66.3 cm³/mol. The molecule has 2 nitrogen and oxygen atoms in total. The Labute approximate surface area is 99.2 Å². The molecular weight excluding hydrogens is 198 g/mol. The van der Waals surface area contributed by atoms with Crippen LogP contribution in [-0.2, 0) is 4.79 Å². The number of hydrogen-bond acceptors (Lipinski definition) is 2. The van der Waals surface area contributed by atoms with E-state index in [1.807, 2.05) is 0 Å². The Kier molecular flexibility index (Phi) is 4.01. The Balaban J connectivity index is 1.87. The van der Waals surface area contributed by atoms with E-state index in [1.54, 1.807) is 0 Å². The van der Waals surface area contributed by atoms with Crippen LogP contribution in [0.4, 0.5) is 0 Å². The molecule has 0 aromatic carbocycles. The van der Waals surface area contributed by atoms with Crippen LogP contribution >= 0.6 is 0 Å². The maximum Gasteiger partial charge on any atom is 0.150 e. The molecule has 1 aliphatic heterocycles. The highest BCUT2D eigenvalue weighted by molar-refractivity contribution is 5.84. The number of hydrogen-bond donors (Lipinski definition) is 1. The largest absolute Gasteiger partial charge is 0.307 e. The first kappa shape index (κ1) is 12.1. The number of rotatable bonds is 3. The molecule has 0 amide bonds. The van der Waals surface area contributed by atoms with Gasteiger partial charge in [0.25, 0.3) is 0 Å². The lowest BCUT2D eigenvalue weighted by atomic mass is 9.73. The van der Waals surface area contributed by atoms with Gasteiger partial charge in [-0.1, -0.05) is 33.1 Å². The van der Waals surface area contributed by atoms with Gasteiger partial charge in [-0.05, 0) is 37.1 Å². The Morgan fingerprint density at radius 1 is 1.25 bits per heavy atom. The van der Waals surface area contributed by atoms with Gasteiger partial charge in [0.1, 0.15) is 5.78 Å². The first-order valence-corrected chi connectivity index (χ1v) is 6.93. The third-order valence-corrected chi connectivity index (χ3v) is 4.23. The average molecular weight is 223 g/mol. The van der Waals surface area contributed by atoms with Crippen LogP contribution in [0.2, 0.25) is 0 Å². The molecule has 1 heterocycles. The molecule has 0 radical (unpaired) electrons. The molecule has 0 unspecified atom stereocenters. The minimum atomic E-state index is 0.168. The summed E-state index contributed by atoms with van der Waals surface area (Å²) in [5.74, 6) is 2.63. The van der Waals surface area contributed by atoms with E-state index < -0.39 is 0 Å². The number of fused-ring (bicyclic) bond motifs is 1. The zero-order chi connectivity index (χ0) is 11.5. The summed E-state index contributed by atoms with van der Waals surface area (Å²) >= 11 is 0. The van der Waals surface area contributed by atoms with Crippen molar-refractivity contribution in [1.29, 1.82) is 0 Å². The van der Waals surface area contributed by atoms with Gasteiger partial charge in [0.2, 0.25) is 0 Å². The zero-order valence-corrected chi connectivity index (χ0v) is 10.7. The van der Waals surface area contributed by atoms with Gasteiger partial charge in [0.05, 0.1) is 6.04 Å². The lowest BCUT2D eigenvalue weighted by Crippen LogP contribution is -2.49.